The SMILES string of the molecule is NCC1CCC(C(=O)Cc2cn3ccsc3n2)CC1. The summed E-state index contributed by atoms with van der Waals surface area (Å²) in [7, 11) is 0. The van der Waals surface area contributed by atoms with Crippen LogP contribution in [0.3, 0.4) is 0 Å². The van der Waals surface area contributed by atoms with Crippen LogP contribution in [0.25, 0.3) is 4.96 Å². The van der Waals surface area contributed by atoms with Gasteiger partial charge in [-0.3, -0.25) is 9.20 Å². The van der Waals surface area contributed by atoms with Gasteiger partial charge in [0, 0.05) is 23.7 Å². The first kappa shape index (κ1) is 12.8. The van der Waals surface area contributed by atoms with Gasteiger partial charge < -0.3 is 5.73 Å². The van der Waals surface area contributed by atoms with Gasteiger partial charge in [-0.25, -0.2) is 4.98 Å². The number of nitrogens with zero attached hydrogens (tertiary/aromatic N) is 2. The molecule has 0 amide bonds. The van der Waals surface area contributed by atoms with E-state index in [2.05, 4.69) is 4.98 Å². The fourth-order valence-electron chi connectivity index (χ4n) is 2.90. The zero-order valence-electron chi connectivity index (χ0n) is 10.9. The predicted molar refractivity (Wildman–Crippen MR) is 76.3 cm³/mol. The lowest BCUT2D eigenvalue weighted by molar-refractivity contribution is -0.123. The summed E-state index contributed by atoms with van der Waals surface area (Å²) in [6, 6.07) is 0. The van der Waals surface area contributed by atoms with E-state index in [9.17, 15) is 4.79 Å². The minimum Gasteiger partial charge on any atom is -0.330 e. The molecule has 2 N–H and O–H groups in total. The molecule has 3 rings (SSSR count). The molecule has 2 heterocycles. The lowest BCUT2D eigenvalue weighted by Gasteiger charge is -2.26. The smallest absolute Gasteiger partial charge is 0.193 e. The summed E-state index contributed by atoms with van der Waals surface area (Å²) in [4.78, 5) is 17.7. The Kier molecular flexibility index (Phi) is 3.66. The van der Waals surface area contributed by atoms with Gasteiger partial charge in [0.1, 0.15) is 5.78 Å². The van der Waals surface area contributed by atoms with E-state index < -0.39 is 0 Å². The molecule has 1 fully saturated rings. The van der Waals surface area contributed by atoms with Crippen LogP contribution < -0.4 is 5.73 Å². The molecule has 1 saturated carbocycles. The number of rotatable bonds is 4. The summed E-state index contributed by atoms with van der Waals surface area (Å²) >= 11 is 1.60. The maximum absolute atomic E-state index is 12.3. The molecule has 0 saturated heterocycles. The molecule has 0 atom stereocenters. The Bertz CT molecular complexity index is 538. The number of carbonyl (C=O) groups excluding carboxylic acids is 1. The molecule has 4 nitrogen and oxygen atoms in total. The number of carbonyl (C=O) groups is 1. The van der Waals surface area contributed by atoms with Gasteiger partial charge in [0.25, 0.3) is 0 Å². The van der Waals surface area contributed by atoms with Gasteiger partial charge in [0.2, 0.25) is 0 Å². The maximum atomic E-state index is 12.3. The van der Waals surface area contributed by atoms with E-state index in [-0.39, 0.29) is 5.92 Å². The first-order valence-corrected chi connectivity index (χ1v) is 7.78. The van der Waals surface area contributed by atoms with Crippen LogP contribution in [-0.2, 0) is 11.2 Å². The maximum Gasteiger partial charge on any atom is 0.193 e. The molecule has 1 aliphatic carbocycles. The molecule has 0 aliphatic heterocycles. The second-order valence-corrected chi connectivity index (χ2v) is 6.29. The molecule has 19 heavy (non-hydrogen) atoms. The number of hydrogen-bond acceptors (Lipinski definition) is 4. The Balaban J connectivity index is 1.60. The minimum atomic E-state index is 0.225. The van der Waals surface area contributed by atoms with E-state index in [4.69, 9.17) is 5.73 Å². The number of hydrogen-bond donors (Lipinski definition) is 1. The van der Waals surface area contributed by atoms with Gasteiger partial charge in [-0.2, -0.15) is 0 Å². The van der Waals surface area contributed by atoms with Crippen molar-refractivity contribution in [3.8, 4) is 0 Å². The number of Topliss-reactive ketones (excluding diaryl/α,β-unsaturated/α-hetero) is 1. The van der Waals surface area contributed by atoms with Crippen LogP contribution in [0.2, 0.25) is 0 Å². The Labute approximate surface area is 116 Å². The number of ketones is 1. The van der Waals surface area contributed by atoms with E-state index in [1.807, 2.05) is 22.2 Å². The summed E-state index contributed by atoms with van der Waals surface area (Å²) < 4.78 is 1.98. The lowest BCUT2D eigenvalue weighted by Crippen LogP contribution is -2.26. The van der Waals surface area contributed by atoms with E-state index in [1.54, 1.807) is 11.3 Å². The summed E-state index contributed by atoms with van der Waals surface area (Å²) in [6.07, 6.45) is 8.64. The van der Waals surface area contributed by atoms with Gasteiger partial charge in [0.15, 0.2) is 4.96 Å². The van der Waals surface area contributed by atoms with Crippen LogP contribution >= 0.6 is 11.3 Å². The summed E-state index contributed by atoms with van der Waals surface area (Å²) in [5, 5.41) is 2.00. The van der Waals surface area contributed by atoms with Crippen molar-refractivity contribution in [3.05, 3.63) is 23.5 Å². The first-order chi connectivity index (χ1) is 9.26. The van der Waals surface area contributed by atoms with Crippen molar-refractivity contribution in [2.24, 2.45) is 17.6 Å². The highest BCUT2D eigenvalue weighted by Gasteiger charge is 2.25. The number of fused-ring (bicyclic) bond motifs is 1. The lowest BCUT2D eigenvalue weighted by atomic mass is 9.79. The van der Waals surface area contributed by atoms with Crippen molar-refractivity contribution in [2.75, 3.05) is 6.54 Å². The van der Waals surface area contributed by atoms with Crippen molar-refractivity contribution in [2.45, 2.75) is 32.1 Å². The molecule has 102 valence electrons. The average Bonchev–Trinajstić information content (AvgIpc) is 2.99. The van der Waals surface area contributed by atoms with Crippen molar-refractivity contribution in [3.63, 3.8) is 0 Å². The normalized spacial score (nSPS) is 23.8. The standard InChI is InChI=1S/C14H19N3OS/c15-8-10-1-3-11(4-2-10)13(18)7-12-9-17-5-6-19-14(17)16-12/h5-6,9-11H,1-4,7-8,15H2. The van der Waals surface area contributed by atoms with Crippen molar-refractivity contribution in [1.29, 1.82) is 0 Å². The zero-order chi connectivity index (χ0) is 13.2. The Morgan fingerprint density at radius 1 is 1.42 bits per heavy atom. The highest BCUT2D eigenvalue weighted by Crippen LogP contribution is 2.29. The topological polar surface area (TPSA) is 60.4 Å². The molecular weight excluding hydrogens is 258 g/mol. The molecule has 0 radical (unpaired) electrons. The predicted octanol–water partition coefficient (Wildman–Crippen LogP) is 2.27. The van der Waals surface area contributed by atoms with E-state index >= 15 is 0 Å². The summed E-state index contributed by atoms with van der Waals surface area (Å²) in [5.41, 5.74) is 6.58. The fraction of sp³-hybridized carbons (Fsp3) is 0.571. The van der Waals surface area contributed by atoms with Crippen LogP contribution in [0.4, 0.5) is 0 Å². The van der Waals surface area contributed by atoms with Crippen LogP contribution in [0.5, 0.6) is 0 Å². The zero-order valence-corrected chi connectivity index (χ0v) is 11.7. The van der Waals surface area contributed by atoms with E-state index in [0.29, 0.717) is 18.1 Å². The molecule has 2 aromatic heterocycles. The third-order valence-corrected chi connectivity index (χ3v) is 4.90. The molecule has 0 spiro atoms. The second kappa shape index (κ2) is 5.43. The third-order valence-electron chi connectivity index (χ3n) is 4.13. The van der Waals surface area contributed by atoms with Gasteiger partial charge >= 0.3 is 0 Å². The highest BCUT2D eigenvalue weighted by atomic mass is 32.1. The molecular formula is C14H19N3OS. The summed E-state index contributed by atoms with van der Waals surface area (Å²) in [6.45, 7) is 0.762. The van der Waals surface area contributed by atoms with Crippen molar-refractivity contribution < 1.29 is 4.79 Å². The van der Waals surface area contributed by atoms with Gasteiger partial charge in [-0.15, -0.1) is 11.3 Å². The second-order valence-electron chi connectivity index (χ2n) is 5.42. The average molecular weight is 277 g/mol. The third kappa shape index (κ3) is 2.72. The van der Waals surface area contributed by atoms with E-state index in [1.165, 1.54) is 0 Å². The van der Waals surface area contributed by atoms with Crippen LogP contribution in [-0.4, -0.2) is 21.7 Å². The first-order valence-electron chi connectivity index (χ1n) is 6.90. The largest absolute Gasteiger partial charge is 0.330 e. The Morgan fingerprint density at radius 3 is 2.89 bits per heavy atom. The Morgan fingerprint density at radius 2 is 2.21 bits per heavy atom. The van der Waals surface area contributed by atoms with Crippen molar-refractivity contribution in [1.82, 2.24) is 9.38 Å². The molecule has 0 unspecified atom stereocenters. The van der Waals surface area contributed by atoms with Gasteiger partial charge in [-0.1, -0.05) is 0 Å². The van der Waals surface area contributed by atoms with Crippen LogP contribution in [0.1, 0.15) is 31.4 Å². The molecule has 2 aromatic rings. The van der Waals surface area contributed by atoms with E-state index in [0.717, 1.165) is 42.9 Å². The molecule has 0 bridgehead atoms. The number of aromatic nitrogens is 2. The number of imidazole rings is 1. The fourth-order valence-corrected chi connectivity index (χ4v) is 3.62. The quantitative estimate of drug-likeness (QED) is 0.932. The molecule has 5 heteroatoms. The van der Waals surface area contributed by atoms with Gasteiger partial charge in [0.05, 0.1) is 12.1 Å². The number of nitrogens with two attached hydrogens (primary N) is 1. The molecule has 0 aromatic carbocycles. The van der Waals surface area contributed by atoms with Crippen LogP contribution in [0.15, 0.2) is 17.8 Å². The minimum absolute atomic E-state index is 0.225. The highest BCUT2D eigenvalue weighted by molar-refractivity contribution is 7.15. The summed E-state index contributed by atoms with van der Waals surface area (Å²) in [5.74, 6) is 1.20. The molecule has 1 aliphatic rings. The van der Waals surface area contributed by atoms with Gasteiger partial charge in [-0.05, 0) is 38.1 Å². The number of thiazole rings is 1. The monoisotopic (exact) mass is 277 g/mol. The Hall–Kier alpha value is -1.20. The van der Waals surface area contributed by atoms with Crippen LogP contribution in [0, 0.1) is 11.8 Å². The van der Waals surface area contributed by atoms with Crippen molar-refractivity contribution >= 4 is 22.1 Å².